The highest BCUT2D eigenvalue weighted by molar-refractivity contribution is 7.92. The van der Waals surface area contributed by atoms with Crippen molar-refractivity contribution in [1.29, 1.82) is 0 Å². The average Bonchev–Trinajstić information content (AvgIpc) is 3.18. The number of allylic oxidation sites excluding steroid dienone is 1. The predicted octanol–water partition coefficient (Wildman–Crippen LogP) is 6.28. The number of nitrogens with zero attached hydrogens (tertiary/aromatic N) is 2. The van der Waals surface area contributed by atoms with Gasteiger partial charge in [-0.3, -0.25) is 14.3 Å². The Balaban J connectivity index is 1.46. The number of fused-ring (bicyclic) bond motifs is 4. The number of carbonyl (C=O) groups is 2. The first-order chi connectivity index (χ1) is 23.3. The molecule has 9 nitrogen and oxygen atoms in total. The van der Waals surface area contributed by atoms with Crippen molar-refractivity contribution in [2.24, 2.45) is 22.1 Å². The number of anilines is 1. The second-order valence-electron chi connectivity index (χ2n) is 13.6. The number of ether oxygens (including phenoxy) is 3. The number of nitrogens with one attached hydrogen (secondary N) is 1. The number of aryl methyl sites for hydroxylation is 1. The van der Waals surface area contributed by atoms with Crippen LogP contribution in [0.5, 0.6) is 5.75 Å². The molecule has 2 amide bonds. The maximum Gasteiger partial charge on any atom is 0.472 e. The van der Waals surface area contributed by atoms with E-state index in [9.17, 15) is 27.0 Å². The summed E-state index contributed by atoms with van der Waals surface area (Å²) >= 11 is 6.39. The normalized spacial score (nSPS) is 30.9. The van der Waals surface area contributed by atoms with Crippen LogP contribution in [0, 0.1) is 17.8 Å². The molecule has 1 saturated carbocycles. The fourth-order valence-electron chi connectivity index (χ4n) is 7.82. The van der Waals surface area contributed by atoms with E-state index in [1.807, 2.05) is 24.3 Å². The molecule has 2 heterocycles. The number of methoxy groups -OCH3 is 2. The number of amides is 2. The maximum atomic E-state index is 14.0. The molecule has 1 unspecified atom stereocenters. The minimum Gasteiger partial charge on any atom is -0.490 e. The van der Waals surface area contributed by atoms with E-state index in [0.717, 1.165) is 32.1 Å². The zero-order chi connectivity index (χ0) is 35.0. The number of hydrogen-bond acceptors (Lipinski definition) is 7. The Bertz CT molecular complexity index is 1750. The SMILES string of the molecule is COC[C@H]1C/C=C/[C@H](OC)[C@@H]2CC[C@H]2CN2C[C@@]3(CCCc4cc(Cl)ccc43)COc3ccc(cc32)C(=O)N=S(=O)(NC(=O)C(F)(F)F)C1. The molecule has 6 atom stereocenters. The van der Waals surface area contributed by atoms with Crippen molar-refractivity contribution in [3.63, 3.8) is 0 Å². The van der Waals surface area contributed by atoms with Crippen LogP contribution in [-0.4, -0.2) is 74.6 Å². The van der Waals surface area contributed by atoms with Crippen molar-refractivity contribution in [2.45, 2.75) is 56.2 Å². The minimum absolute atomic E-state index is 0.0128. The molecule has 2 aromatic rings. The van der Waals surface area contributed by atoms with Gasteiger partial charge in [-0.15, -0.1) is 4.36 Å². The molecule has 266 valence electrons. The van der Waals surface area contributed by atoms with Crippen LogP contribution >= 0.6 is 11.6 Å². The van der Waals surface area contributed by atoms with Crippen LogP contribution in [0.15, 0.2) is 52.9 Å². The number of benzene rings is 2. The Morgan fingerprint density at radius 3 is 2.73 bits per heavy atom. The first-order valence-corrected chi connectivity index (χ1v) is 18.6. The number of halogens is 4. The quantitative estimate of drug-likeness (QED) is 0.371. The van der Waals surface area contributed by atoms with Gasteiger partial charge in [0.25, 0.3) is 5.91 Å². The third-order valence-electron chi connectivity index (χ3n) is 10.3. The Hall–Kier alpha value is -3.13. The van der Waals surface area contributed by atoms with E-state index in [1.165, 1.54) is 29.0 Å². The molecule has 2 bridgehead atoms. The lowest BCUT2D eigenvalue weighted by Crippen LogP contribution is -2.49. The van der Waals surface area contributed by atoms with Crippen LogP contribution in [0.4, 0.5) is 18.9 Å². The van der Waals surface area contributed by atoms with Crippen LogP contribution in [0.1, 0.15) is 53.6 Å². The van der Waals surface area contributed by atoms with Gasteiger partial charge in [-0.05, 0) is 97.7 Å². The molecule has 6 rings (SSSR count). The lowest BCUT2D eigenvalue weighted by molar-refractivity contribution is -0.171. The molecule has 0 aromatic heterocycles. The lowest BCUT2D eigenvalue weighted by atomic mass is 9.68. The van der Waals surface area contributed by atoms with Gasteiger partial charge >= 0.3 is 12.1 Å². The largest absolute Gasteiger partial charge is 0.490 e. The monoisotopic (exact) mass is 723 g/mol. The van der Waals surface area contributed by atoms with Crippen molar-refractivity contribution in [1.82, 2.24) is 4.72 Å². The molecule has 14 heteroatoms. The molecule has 2 aliphatic heterocycles. The first kappa shape index (κ1) is 35.7. The van der Waals surface area contributed by atoms with Crippen LogP contribution in [0.25, 0.3) is 0 Å². The summed E-state index contributed by atoms with van der Waals surface area (Å²) < 4.78 is 77.2. The third-order valence-corrected chi connectivity index (χ3v) is 12.4. The zero-order valence-electron chi connectivity index (χ0n) is 27.5. The van der Waals surface area contributed by atoms with Gasteiger partial charge in [0.15, 0.2) is 0 Å². The van der Waals surface area contributed by atoms with Gasteiger partial charge in [0.1, 0.15) is 15.7 Å². The van der Waals surface area contributed by atoms with E-state index in [-0.39, 0.29) is 41.9 Å². The van der Waals surface area contributed by atoms with E-state index in [2.05, 4.69) is 15.3 Å². The molecule has 2 aliphatic carbocycles. The second kappa shape index (κ2) is 14.2. The number of carbonyl (C=O) groups excluding carboxylic acids is 2. The third kappa shape index (κ3) is 7.64. The zero-order valence-corrected chi connectivity index (χ0v) is 29.0. The van der Waals surface area contributed by atoms with Crippen molar-refractivity contribution < 1.29 is 41.2 Å². The Labute approximate surface area is 289 Å². The number of rotatable bonds is 4. The van der Waals surface area contributed by atoms with E-state index < -0.39 is 39.6 Å². The van der Waals surface area contributed by atoms with Crippen LogP contribution in [0.3, 0.4) is 0 Å². The molecule has 0 radical (unpaired) electrons. The highest BCUT2D eigenvalue weighted by Gasteiger charge is 2.45. The topological polar surface area (TPSA) is 107 Å². The summed E-state index contributed by atoms with van der Waals surface area (Å²) in [7, 11) is -1.18. The van der Waals surface area contributed by atoms with Crippen molar-refractivity contribution in [3.05, 3.63) is 70.3 Å². The van der Waals surface area contributed by atoms with Crippen molar-refractivity contribution >= 4 is 39.0 Å². The van der Waals surface area contributed by atoms with Gasteiger partial charge in [-0.1, -0.05) is 29.8 Å². The molecule has 1 spiro atoms. The fourth-order valence-corrected chi connectivity index (χ4v) is 9.86. The summed E-state index contributed by atoms with van der Waals surface area (Å²) in [6.07, 6.45) is 3.16. The van der Waals surface area contributed by atoms with Crippen LogP contribution < -0.4 is 14.4 Å². The molecule has 1 fully saturated rings. The molecular formula is C35H41ClF3N3O6S. The molecular weight excluding hydrogens is 683 g/mol. The summed E-state index contributed by atoms with van der Waals surface area (Å²) in [6.45, 7) is 1.66. The number of hydrogen-bond donors (Lipinski definition) is 1. The minimum atomic E-state index is -5.33. The molecule has 0 saturated heterocycles. The van der Waals surface area contributed by atoms with Gasteiger partial charge in [0.2, 0.25) is 0 Å². The second-order valence-corrected chi connectivity index (χ2v) is 16.0. The standard InChI is InChI=1S/C35H41ClF3N3O6S/c1-46-18-22-5-3-7-30(47-2)27-11-8-25(27)17-42-20-34(14-4-6-23-15-26(36)10-12-28(23)34)21-48-31-13-9-24(16-29(31)42)32(43)40-49(45,19-22)41-33(44)35(37,38)39/h3,7,9-10,12-13,15-16,22,25,27,30H,4-6,8,11,14,17-21H2,1-2H3,(H,40,41,43,44,45)/b7-3+/t22-,25+,27-,30+,34+,49?/m1/s1. The summed E-state index contributed by atoms with van der Waals surface area (Å²) in [5.74, 6) is -3.57. The molecule has 4 aliphatic rings. The van der Waals surface area contributed by atoms with Gasteiger partial charge < -0.3 is 19.1 Å². The fraction of sp³-hybridized carbons (Fsp3) is 0.543. The van der Waals surface area contributed by atoms with Crippen molar-refractivity contribution in [3.8, 4) is 5.75 Å². The van der Waals surface area contributed by atoms with E-state index in [4.69, 9.17) is 25.8 Å². The maximum absolute atomic E-state index is 14.0. The Kier molecular flexibility index (Phi) is 10.4. The van der Waals surface area contributed by atoms with E-state index in [1.54, 1.807) is 19.2 Å². The summed E-state index contributed by atoms with van der Waals surface area (Å²) in [5, 5.41) is 0.679. The van der Waals surface area contributed by atoms with E-state index in [0.29, 0.717) is 36.2 Å². The summed E-state index contributed by atoms with van der Waals surface area (Å²) in [4.78, 5) is 28.0. The van der Waals surface area contributed by atoms with Gasteiger partial charge in [-0.25, -0.2) is 4.21 Å². The van der Waals surface area contributed by atoms with Crippen LogP contribution in [0.2, 0.25) is 5.02 Å². The van der Waals surface area contributed by atoms with Gasteiger partial charge in [0.05, 0.1) is 30.8 Å². The predicted molar refractivity (Wildman–Crippen MR) is 180 cm³/mol. The smallest absolute Gasteiger partial charge is 0.472 e. The summed E-state index contributed by atoms with van der Waals surface area (Å²) in [6, 6.07) is 10.7. The van der Waals surface area contributed by atoms with E-state index >= 15 is 0 Å². The summed E-state index contributed by atoms with van der Waals surface area (Å²) in [5.41, 5.74) is 2.67. The molecule has 2 aromatic carbocycles. The van der Waals surface area contributed by atoms with Crippen molar-refractivity contribution in [2.75, 3.05) is 51.2 Å². The van der Waals surface area contributed by atoms with Gasteiger partial charge in [0, 0.05) is 43.3 Å². The number of alkyl halides is 3. The lowest BCUT2D eigenvalue weighted by Gasteiger charge is -2.46. The molecule has 1 N–H and O–H groups in total. The van der Waals surface area contributed by atoms with Crippen LogP contribution in [-0.2, 0) is 36.0 Å². The molecule has 49 heavy (non-hydrogen) atoms. The highest BCUT2D eigenvalue weighted by Crippen LogP contribution is 2.47. The average molecular weight is 724 g/mol. The van der Waals surface area contributed by atoms with Gasteiger partial charge in [-0.2, -0.15) is 13.2 Å². The Morgan fingerprint density at radius 1 is 1.20 bits per heavy atom. The first-order valence-electron chi connectivity index (χ1n) is 16.5. The highest BCUT2D eigenvalue weighted by atomic mass is 35.5. The Morgan fingerprint density at radius 2 is 2.02 bits per heavy atom.